The van der Waals surface area contributed by atoms with Crippen molar-refractivity contribution in [2.24, 2.45) is 0 Å². The quantitative estimate of drug-likeness (QED) is 0.274. The van der Waals surface area contributed by atoms with Crippen LogP contribution in [0.2, 0.25) is 0 Å². The number of carbonyl (C=O) groups excluding carboxylic acids is 2. The molecule has 0 amide bonds. The van der Waals surface area contributed by atoms with Crippen LogP contribution in [0.5, 0.6) is 0 Å². The molecule has 7 nitrogen and oxygen atoms in total. The van der Waals surface area contributed by atoms with Gasteiger partial charge in [0.15, 0.2) is 12.4 Å². The van der Waals surface area contributed by atoms with Crippen molar-refractivity contribution < 1.29 is 34.7 Å². The van der Waals surface area contributed by atoms with Gasteiger partial charge in [-0.15, -0.1) is 0 Å². The van der Waals surface area contributed by atoms with Crippen molar-refractivity contribution in [2.75, 3.05) is 0 Å². The van der Waals surface area contributed by atoms with E-state index >= 15 is 0 Å². The van der Waals surface area contributed by atoms with E-state index in [1.807, 2.05) is 0 Å². The van der Waals surface area contributed by atoms with Crippen LogP contribution in [0.25, 0.3) is 0 Å². The second-order valence-corrected chi connectivity index (χ2v) is 2.99. The number of aliphatic hydroxyl groups is 3. The van der Waals surface area contributed by atoms with Gasteiger partial charge in [0.1, 0.15) is 12.2 Å². The standard InChI is InChI=1S/C8H14O7/c1-4(10)7(12)8(13)6(3-9)15-14-5(2)11/h3-4,6-8,10,12-13H,1-2H3/t4-,6-,7-,8-/m1/s1. The van der Waals surface area contributed by atoms with Crippen LogP contribution in [0.15, 0.2) is 0 Å². The predicted octanol–water partition coefficient (Wildman–Crippen LogP) is -1.85. The molecule has 0 saturated carbocycles. The third-order valence-corrected chi connectivity index (χ3v) is 1.59. The zero-order valence-electron chi connectivity index (χ0n) is 8.36. The van der Waals surface area contributed by atoms with Crippen LogP contribution in [0.4, 0.5) is 0 Å². The number of aldehydes is 1. The molecule has 0 aliphatic carbocycles. The van der Waals surface area contributed by atoms with Gasteiger partial charge in [-0.25, -0.2) is 4.79 Å². The fourth-order valence-electron chi connectivity index (χ4n) is 0.763. The van der Waals surface area contributed by atoms with E-state index < -0.39 is 30.4 Å². The van der Waals surface area contributed by atoms with Gasteiger partial charge in [-0.3, -0.25) is 4.89 Å². The molecule has 3 N–H and O–H groups in total. The number of aliphatic hydroxyl groups excluding tert-OH is 3. The molecule has 4 atom stereocenters. The molecular formula is C8H14O7. The number of hydrogen-bond donors (Lipinski definition) is 3. The molecule has 0 saturated heterocycles. The summed E-state index contributed by atoms with van der Waals surface area (Å²) in [4.78, 5) is 29.0. The zero-order chi connectivity index (χ0) is 12.0. The molecule has 0 aliphatic rings. The molecule has 0 spiro atoms. The Morgan fingerprint density at radius 2 is 1.80 bits per heavy atom. The Kier molecular flexibility index (Phi) is 6.02. The molecule has 88 valence electrons. The Bertz CT molecular complexity index is 215. The summed E-state index contributed by atoms with van der Waals surface area (Å²) in [6.45, 7) is 2.26. The average molecular weight is 222 g/mol. The highest BCUT2D eigenvalue weighted by molar-refractivity contribution is 5.65. The second kappa shape index (κ2) is 6.46. The van der Waals surface area contributed by atoms with E-state index in [0.29, 0.717) is 0 Å². The fraction of sp³-hybridized carbons (Fsp3) is 0.750. The summed E-state index contributed by atoms with van der Waals surface area (Å²) in [5.74, 6) is -0.805. The Morgan fingerprint density at radius 1 is 1.27 bits per heavy atom. The predicted molar refractivity (Wildman–Crippen MR) is 46.4 cm³/mol. The molecule has 15 heavy (non-hydrogen) atoms. The Morgan fingerprint density at radius 3 is 2.13 bits per heavy atom. The highest BCUT2D eigenvalue weighted by Gasteiger charge is 2.31. The topological polar surface area (TPSA) is 113 Å². The van der Waals surface area contributed by atoms with Crippen molar-refractivity contribution >= 4 is 12.3 Å². The van der Waals surface area contributed by atoms with Gasteiger partial charge in [0, 0.05) is 6.92 Å². The number of carbonyl (C=O) groups is 2. The summed E-state index contributed by atoms with van der Waals surface area (Å²) in [7, 11) is 0. The minimum atomic E-state index is -1.68. The summed E-state index contributed by atoms with van der Waals surface area (Å²) in [6.07, 6.45) is -5.89. The third-order valence-electron chi connectivity index (χ3n) is 1.59. The Labute approximate surface area is 86.2 Å². The summed E-state index contributed by atoms with van der Waals surface area (Å²) < 4.78 is 0. The normalized spacial score (nSPS) is 18.7. The molecular weight excluding hydrogens is 208 g/mol. The monoisotopic (exact) mass is 222 g/mol. The molecule has 0 fully saturated rings. The Hall–Kier alpha value is -1.02. The lowest BCUT2D eigenvalue weighted by Crippen LogP contribution is -2.45. The molecule has 0 bridgehead atoms. The smallest absolute Gasteiger partial charge is 0.339 e. The first-order valence-corrected chi connectivity index (χ1v) is 4.23. The first-order valence-electron chi connectivity index (χ1n) is 4.23. The van der Waals surface area contributed by atoms with Crippen LogP contribution < -0.4 is 0 Å². The van der Waals surface area contributed by atoms with Gasteiger partial charge in [0.2, 0.25) is 0 Å². The summed E-state index contributed by atoms with van der Waals surface area (Å²) >= 11 is 0. The molecule has 0 heterocycles. The summed E-state index contributed by atoms with van der Waals surface area (Å²) in [6, 6.07) is 0. The molecule has 0 radical (unpaired) electrons. The minimum absolute atomic E-state index is 0.152. The minimum Gasteiger partial charge on any atom is -0.391 e. The van der Waals surface area contributed by atoms with Crippen molar-refractivity contribution in [3.8, 4) is 0 Å². The lowest BCUT2D eigenvalue weighted by Gasteiger charge is -2.23. The third kappa shape index (κ3) is 4.84. The van der Waals surface area contributed by atoms with E-state index in [2.05, 4.69) is 9.78 Å². The second-order valence-electron chi connectivity index (χ2n) is 2.99. The van der Waals surface area contributed by atoms with Gasteiger partial charge in [-0.2, -0.15) is 4.89 Å². The van der Waals surface area contributed by atoms with Crippen molar-refractivity contribution in [3.05, 3.63) is 0 Å². The maximum Gasteiger partial charge on any atom is 0.339 e. The first kappa shape index (κ1) is 14.0. The van der Waals surface area contributed by atoms with E-state index in [9.17, 15) is 19.8 Å². The van der Waals surface area contributed by atoms with Crippen LogP contribution in [-0.2, 0) is 19.4 Å². The van der Waals surface area contributed by atoms with Gasteiger partial charge in [0.05, 0.1) is 6.10 Å². The lowest BCUT2D eigenvalue weighted by molar-refractivity contribution is -0.305. The van der Waals surface area contributed by atoms with Gasteiger partial charge in [0.25, 0.3) is 0 Å². The van der Waals surface area contributed by atoms with Crippen molar-refractivity contribution in [1.82, 2.24) is 0 Å². The molecule has 0 rings (SSSR count). The van der Waals surface area contributed by atoms with Crippen LogP contribution in [0.1, 0.15) is 13.8 Å². The average Bonchev–Trinajstić information content (AvgIpc) is 2.16. The van der Waals surface area contributed by atoms with Crippen LogP contribution in [0, 0.1) is 0 Å². The largest absolute Gasteiger partial charge is 0.391 e. The lowest BCUT2D eigenvalue weighted by atomic mass is 10.1. The fourth-order valence-corrected chi connectivity index (χ4v) is 0.763. The van der Waals surface area contributed by atoms with Gasteiger partial charge in [-0.05, 0) is 6.92 Å². The van der Waals surface area contributed by atoms with Gasteiger partial charge >= 0.3 is 5.97 Å². The van der Waals surface area contributed by atoms with Gasteiger partial charge in [-0.1, -0.05) is 0 Å². The zero-order valence-corrected chi connectivity index (χ0v) is 8.36. The number of rotatable bonds is 6. The first-order chi connectivity index (χ1) is 6.90. The van der Waals surface area contributed by atoms with Crippen molar-refractivity contribution in [3.63, 3.8) is 0 Å². The Balaban J connectivity index is 4.26. The van der Waals surface area contributed by atoms with Crippen LogP contribution in [-0.4, -0.2) is 52.0 Å². The molecule has 0 aliphatic heterocycles. The van der Waals surface area contributed by atoms with Gasteiger partial charge < -0.3 is 20.1 Å². The van der Waals surface area contributed by atoms with Crippen molar-refractivity contribution in [1.29, 1.82) is 0 Å². The molecule has 0 aromatic carbocycles. The SMILES string of the molecule is CC(=O)OO[C@H](C=O)[C@@H](O)[C@H](O)[C@@H](C)O. The van der Waals surface area contributed by atoms with E-state index in [0.717, 1.165) is 6.92 Å². The van der Waals surface area contributed by atoms with E-state index in [-0.39, 0.29) is 6.29 Å². The highest BCUT2D eigenvalue weighted by Crippen LogP contribution is 2.07. The van der Waals surface area contributed by atoms with E-state index in [1.165, 1.54) is 6.92 Å². The molecule has 7 heteroatoms. The van der Waals surface area contributed by atoms with Crippen molar-refractivity contribution in [2.45, 2.75) is 38.3 Å². The molecule has 0 aromatic heterocycles. The van der Waals surface area contributed by atoms with Crippen LogP contribution in [0.3, 0.4) is 0 Å². The maximum absolute atomic E-state index is 10.4. The highest BCUT2D eigenvalue weighted by atomic mass is 17.2. The van der Waals surface area contributed by atoms with E-state index in [1.54, 1.807) is 0 Å². The maximum atomic E-state index is 10.4. The molecule has 0 aromatic rings. The van der Waals surface area contributed by atoms with E-state index in [4.69, 9.17) is 5.11 Å². The number of hydrogen-bond acceptors (Lipinski definition) is 7. The summed E-state index contributed by atoms with van der Waals surface area (Å²) in [5.41, 5.74) is 0. The molecule has 0 unspecified atom stereocenters. The summed E-state index contributed by atoms with van der Waals surface area (Å²) in [5, 5.41) is 27.4. The van der Waals surface area contributed by atoms with Crippen LogP contribution >= 0.6 is 0 Å².